The van der Waals surface area contributed by atoms with Crippen LogP contribution in [0.5, 0.6) is 0 Å². The van der Waals surface area contributed by atoms with Crippen molar-refractivity contribution < 1.29 is 9.90 Å². The zero-order chi connectivity index (χ0) is 14.8. The number of rotatable bonds is 3. The first-order chi connectivity index (χ1) is 10.2. The highest BCUT2D eigenvalue weighted by atomic mass is 16.4. The summed E-state index contributed by atoms with van der Waals surface area (Å²) in [5.74, 6) is -1.10. The maximum Gasteiger partial charge on any atom is 0.357 e. The van der Waals surface area contributed by atoms with Crippen LogP contribution in [0.25, 0.3) is 11.0 Å². The number of nitriles is 1. The molecule has 0 spiro atoms. The molecule has 2 aromatic heterocycles. The molecule has 1 aromatic carbocycles. The summed E-state index contributed by atoms with van der Waals surface area (Å²) in [5, 5.41) is 22.9. The van der Waals surface area contributed by atoms with Crippen LogP contribution in [0.4, 0.5) is 0 Å². The van der Waals surface area contributed by atoms with E-state index in [0.717, 1.165) is 5.56 Å². The molecule has 0 fully saturated rings. The third kappa shape index (κ3) is 2.21. The Kier molecular flexibility index (Phi) is 3.09. The second-order valence-corrected chi connectivity index (χ2v) is 4.45. The summed E-state index contributed by atoms with van der Waals surface area (Å²) in [7, 11) is 0. The Morgan fingerprint density at radius 1 is 1.29 bits per heavy atom. The minimum Gasteiger partial charge on any atom is -0.476 e. The molecular formula is C15H10N4O2. The number of carboxylic acid groups (broad SMARTS) is 1. The van der Waals surface area contributed by atoms with Crippen LogP contribution in [0.2, 0.25) is 0 Å². The molecule has 3 rings (SSSR count). The Morgan fingerprint density at radius 2 is 2.10 bits per heavy atom. The Bertz CT molecular complexity index is 877. The Hall–Kier alpha value is -3.20. The molecule has 0 aliphatic carbocycles. The number of hydrogen-bond acceptors (Lipinski definition) is 4. The van der Waals surface area contributed by atoms with E-state index in [1.165, 1.54) is 4.68 Å². The van der Waals surface area contributed by atoms with Crippen molar-refractivity contribution in [1.29, 1.82) is 5.26 Å². The van der Waals surface area contributed by atoms with Gasteiger partial charge in [-0.15, -0.1) is 0 Å². The highest BCUT2D eigenvalue weighted by Gasteiger charge is 2.17. The van der Waals surface area contributed by atoms with Gasteiger partial charge in [0.2, 0.25) is 0 Å². The molecule has 102 valence electrons. The fourth-order valence-electron chi connectivity index (χ4n) is 2.21. The van der Waals surface area contributed by atoms with Gasteiger partial charge in [0.05, 0.1) is 23.6 Å². The first-order valence-electron chi connectivity index (χ1n) is 6.23. The fraction of sp³-hybridized carbons (Fsp3) is 0.0667. The molecule has 0 aliphatic rings. The Labute approximate surface area is 119 Å². The molecule has 0 aliphatic heterocycles. The van der Waals surface area contributed by atoms with Gasteiger partial charge >= 0.3 is 5.97 Å². The molecule has 6 heteroatoms. The van der Waals surface area contributed by atoms with Crippen molar-refractivity contribution in [3.8, 4) is 6.07 Å². The normalized spacial score (nSPS) is 10.4. The van der Waals surface area contributed by atoms with Crippen molar-refractivity contribution in [2.45, 2.75) is 6.54 Å². The number of carbonyl (C=O) groups is 1. The summed E-state index contributed by atoms with van der Waals surface area (Å²) < 4.78 is 1.51. The molecule has 6 nitrogen and oxygen atoms in total. The monoisotopic (exact) mass is 278 g/mol. The summed E-state index contributed by atoms with van der Waals surface area (Å²) in [6.07, 6.45) is 1.59. The van der Waals surface area contributed by atoms with E-state index in [1.807, 2.05) is 12.1 Å². The van der Waals surface area contributed by atoms with Crippen molar-refractivity contribution in [3.63, 3.8) is 0 Å². The van der Waals surface area contributed by atoms with Gasteiger partial charge in [-0.05, 0) is 23.8 Å². The lowest BCUT2D eigenvalue weighted by Crippen LogP contribution is -2.06. The second kappa shape index (κ2) is 5.06. The summed E-state index contributed by atoms with van der Waals surface area (Å²) in [5.41, 5.74) is 1.76. The lowest BCUT2D eigenvalue weighted by molar-refractivity contribution is 0.0691. The molecule has 2 heterocycles. The number of aromatic nitrogens is 3. The van der Waals surface area contributed by atoms with Crippen molar-refractivity contribution >= 4 is 17.0 Å². The van der Waals surface area contributed by atoms with Gasteiger partial charge in [0.1, 0.15) is 0 Å². The van der Waals surface area contributed by atoms with Crippen molar-refractivity contribution in [1.82, 2.24) is 14.8 Å². The molecule has 0 saturated carbocycles. The number of aromatic carboxylic acids is 1. The van der Waals surface area contributed by atoms with Crippen molar-refractivity contribution in [3.05, 3.63) is 59.4 Å². The number of nitrogens with zero attached hydrogens (tertiary/aromatic N) is 4. The van der Waals surface area contributed by atoms with Gasteiger partial charge in [0.25, 0.3) is 0 Å². The van der Waals surface area contributed by atoms with Crippen LogP contribution in [0.1, 0.15) is 21.6 Å². The maximum absolute atomic E-state index is 11.2. The molecule has 0 atom stereocenters. The van der Waals surface area contributed by atoms with Gasteiger partial charge < -0.3 is 5.11 Å². The lowest BCUT2D eigenvalue weighted by atomic mass is 10.1. The maximum atomic E-state index is 11.2. The van der Waals surface area contributed by atoms with Gasteiger partial charge in [0.15, 0.2) is 11.3 Å². The van der Waals surface area contributed by atoms with Crippen LogP contribution in [-0.2, 0) is 6.54 Å². The van der Waals surface area contributed by atoms with E-state index in [-0.39, 0.29) is 5.69 Å². The van der Waals surface area contributed by atoms with Crippen LogP contribution in [0.15, 0.2) is 42.6 Å². The predicted octanol–water partition coefficient (Wildman–Crippen LogP) is 2.05. The Morgan fingerprint density at radius 3 is 2.86 bits per heavy atom. The summed E-state index contributed by atoms with van der Waals surface area (Å²) in [6, 6.07) is 12.6. The van der Waals surface area contributed by atoms with Crippen LogP contribution in [0.3, 0.4) is 0 Å². The molecule has 0 bridgehead atoms. The zero-order valence-corrected chi connectivity index (χ0v) is 10.9. The van der Waals surface area contributed by atoms with E-state index in [4.69, 9.17) is 5.26 Å². The van der Waals surface area contributed by atoms with E-state index < -0.39 is 5.97 Å². The van der Waals surface area contributed by atoms with Crippen LogP contribution >= 0.6 is 0 Å². The molecule has 0 radical (unpaired) electrons. The lowest BCUT2D eigenvalue weighted by Gasteiger charge is -2.04. The minimum absolute atomic E-state index is 0.0347. The number of benzene rings is 1. The van der Waals surface area contributed by atoms with Crippen LogP contribution < -0.4 is 0 Å². The Balaban J connectivity index is 2.14. The van der Waals surface area contributed by atoms with Gasteiger partial charge in [0, 0.05) is 6.20 Å². The van der Waals surface area contributed by atoms with Gasteiger partial charge in [-0.3, -0.25) is 0 Å². The SMILES string of the molecule is N#Cc1ccccc1Cn1nc(C(=O)O)c2cccnc21. The quantitative estimate of drug-likeness (QED) is 0.791. The van der Waals surface area contributed by atoms with E-state index in [2.05, 4.69) is 16.2 Å². The number of fused-ring (bicyclic) bond motifs is 1. The highest BCUT2D eigenvalue weighted by molar-refractivity contribution is 5.99. The summed E-state index contributed by atoms with van der Waals surface area (Å²) in [6.45, 7) is 0.296. The fourth-order valence-corrected chi connectivity index (χ4v) is 2.21. The van der Waals surface area contributed by atoms with Gasteiger partial charge in [-0.2, -0.15) is 10.4 Å². The van der Waals surface area contributed by atoms with Crippen molar-refractivity contribution in [2.24, 2.45) is 0 Å². The van der Waals surface area contributed by atoms with Crippen molar-refractivity contribution in [2.75, 3.05) is 0 Å². The average molecular weight is 278 g/mol. The molecule has 0 unspecified atom stereocenters. The molecule has 3 aromatic rings. The zero-order valence-electron chi connectivity index (χ0n) is 10.9. The van der Waals surface area contributed by atoms with E-state index >= 15 is 0 Å². The third-order valence-corrected chi connectivity index (χ3v) is 3.17. The molecular weight excluding hydrogens is 268 g/mol. The van der Waals surface area contributed by atoms with E-state index in [1.54, 1.807) is 30.5 Å². The first kappa shape index (κ1) is 12.8. The number of hydrogen-bond donors (Lipinski definition) is 1. The predicted molar refractivity (Wildman–Crippen MR) is 74.7 cm³/mol. The standard InChI is InChI=1S/C15H10N4O2/c16-8-10-4-1-2-5-11(10)9-19-14-12(6-3-7-17-14)13(18-19)15(20)21/h1-7H,9H2,(H,20,21). The van der Waals surface area contributed by atoms with Crippen LogP contribution in [-0.4, -0.2) is 25.8 Å². The average Bonchev–Trinajstić information content (AvgIpc) is 2.87. The molecule has 1 N–H and O–H groups in total. The second-order valence-electron chi connectivity index (χ2n) is 4.45. The van der Waals surface area contributed by atoms with E-state index in [9.17, 15) is 9.90 Å². The first-order valence-corrected chi connectivity index (χ1v) is 6.23. The smallest absolute Gasteiger partial charge is 0.357 e. The molecule has 0 amide bonds. The largest absolute Gasteiger partial charge is 0.476 e. The van der Waals surface area contributed by atoms with Gasteiger partial charge in [-0.25, -0.2) is 14.5 Å². The third-order valence-electron chi connectivity index (χ3n) is 3.17. The van der Waals surface area contributed by atoms with E-state index in [0.29, 0.717) is 23.1 Å². The topological polar surface area (TPSA) is 91.8 Å². The summed E-state index contributed by atoms with van der Waals surface area (Å²) >= 11 is 0. The number of pyridine rings is 1. The van der Waals surface area contributed by atoms with Gasteiger partial charge in [-0.1, -0.05) is 18.2 Å². The minimum atomic E-state index is -1.10. The molecule has 21 heavy (non-hydrogen) atoms. The van der Waals surface area contributed by atoms with Crippen LogP contribution in [0, 0.1) is 11.3 Å². The summed E-state index contributed by atoms with van der Waals surface area (Å²) in [4.78, 5) is 15.4. The highest BCUT2D eigenvalue weighted by Crippen LogP contribution is 2.18. The number of carboxylic acids is 1. The molecule has 0 saturated heterocycles.